The van der Waals surface area contributed by atoms with Crippen LogP contribution in [-0.2, 0) is 9.53 Å². The van der Waals surface area contributed by atoms with E-state index in [1.165, 1.54) is 5.56 Å². The van der Waals surface area contributed by atoms with Crippen molar-refractivity contribution in [2.24, 2.45) is 0 Å². The van der Waals surface area contributed by atoms with Crippen LogP contribution in [0, 0.1) is 0 Å². The molecule has 0 radical (unpaired) electrons. The van der Waals surface area contributed by atoms with Gasteiger partial charge in [-0.05, 0) is 18.9 Å². The molecule has 0 saturated heterocycles. The zero-order valence-electron chi connectivity index (χ0n) is 10.3. The zero-order valence-corrected chi connectivity index (χ0v) is 10.3. The summed E-state index contributed by atoms with van der Waals surface area (Å²) in [5.74, 6) is 0.165. The summed E-state index contributed by atoms with van der Waals surface area (Å²) in [5.41, 5.74) is 1.24. The Hall–Kier alpha value is -1.31. The minimum absolute atomic E-state index is 0.0557. The molecule has 0 spiro atoms. The van der Waals surface area contributed by atoms with E-state index < -0.39 is 0 Å². The van der Waals surface area contributed by atoms with Crippen LogP contribution in [0.1, 0.15) is 45.1 Å². The number of rotatable bonds is 5. The highest BCUT2D eigenvalue weighted by molar-refractivity contribution is 5.69. The molecule has 0 aromatic heterocycles. The first-order valence-electron chi connectivity index (χ1n) is 5.93. The molecule has 0 unspecified atom stereocenters. The largest absolute Gasteiger partial charge is 0.462 e. The number of ether oxygens (including phenoxy) is 1. The van der Waals surface area contributed by atoms with Crippen molar-refractivity contribution in [2.45, 2.75) is 45.6 Å². The lowest BCUT2D eigenvalue weighted by Crippen LogP contribution is -2.21. The Bertz CT molecular complexity index is 319. The lowest BCUT2D eigenvalue weighted by molar-refractivity contribution is -0.148. The molecule has 0 fully saturated rings. The smallest absolute Gasteiger partial charge is 0.305 e. The molecule has 0 bridgehead atoms. The van der Waals surface area contributed by atoms with Gasteiger partial charge in [-0.2, -0.15) is 0 Å². The fourth-order valence-electron chi connectivity index (χ4n) is 1.91. The van der Waals surface area contributed by atoms with Crippen molar-refractivity contribution in [1.82, 2.24) is 0 Å². The Morgan fingerprint density at radius 3 is 2.38 bits per heavy atom. The van der Waals surface area contributed by atoms with Crippen molar-refractivity contribution in [1.29, 1.82) is 0 Å². The van der Waals surface area contributed by atoms with Crippen LogP contribution in [0.2, 0.25) is 0 Å². The second-order valence-electron chi connectivity index (χ2n) is 3.97. The van der Waals surface area contributed by atoms with E-state index >= 15 is 0 Å². The van der Waals surface area contributed by atoms with Gasteiger partial charge in [0.1, 0.15) is 6.10 Å². The van der Waals surface area contributed by atoms with Crippen LogP contribution in [0.5, 0.6) is 0 Å². The summed E-state index contributed by atoms with van der Waals surface area (Å²) in [6, 6.07) is 10.2. The number of benzene rings is 1. The van der Waals surface area contributed by atoms with Crippen molar-refractivity contribution < 1.29 is 9.53 Å². The third kappa shape index (κ3) is 3.37. The van der Waals surface area contributed by atoms with Crippen LogP contribution in [0.4, 0.5) is 0 Å². The molecular weight excluding hydrogens is 200 g/mol. The molecule has 0 aliphatic carbocycles. The quantitative estimate of drug-likeness (QED) is 0.710. The predicted octanol–water partition coefficient (Wildman–Crippen LogP) is 3.52. The Morgan fingerprint density at radius 2 is 1.88 bits per heavy atom. The van der Waals surface area contributed by atoms with Crippen LogP contribution in [0.25, 0.3) is 0 Å². The molecule has 0 aliphatic rings. The highest BCUT2D eigenvalue weighted by atomic mass is 16.5. The van der Waals surface area contributed by atoms with Crippen LogP contribution in [-0.4, -0.2) is 12.1 Å². The van der Waals surface area contributed by atoms with Gasteiger partial charge < -0.3 is 4.74 Å². The van der Waals surface area contributed by atoms with E-state index in [-0.39, 0.29) is 18.0 Å². The fraction of sp³-hybridized carbons (Fsp3) is 0.500. The van der Waals surface area contributed by atoms with Crippen molar-refractivity contribution in [3.63, 3.8) is 0 Å². The second kappa shape index (κ2) is 6.31. The highest BCUT2D eigenvalue weighted by Gasteiger charge is 2.20. The van der Waals surface area contributed by atoms with E-state index in [0.29, 0.717) is 6.42 Å². The molecule has 88 valence electrons. The number of hydrogen-bond donors (Lipinski definition) is 0. The van der Waals surface area contributed by atoms with Gasteiger partial charge in [0.05, 0.1) is 0 Å². The van der Waals surface area contributed by atoms with Crippen molar-refractivity contribution in [3.8, 4) is 0 Å². The molecule has 0 N–H and O–H groups in total. The molecule has 0 heterocycles. The Morgan fingerprint density at radius 1 is 1.25 bits per heavy atom. The first-order chi connectivity index (χ1) is 7.69. The molecule has 2 nitrogen and oxygen atoms in total. The maximum Gasteiger partial charge on any atom is 0.305 e. The van der Waals surface area contributed by atoms with Crippen molar-refractivity contribution in [2.75, 3.05) is 0 Å². The van der Waals surface area contributed by atoms with Gasteiger partial charge in [0.25, 0.3) is 0 Å². The van der Waals surface area contributed by atoms with Gasteiger partial charge in [0.15, 0.2) is 0 Å². The third-order valence-corrected chi connectivity index (χ3v) is 2.84. The second-order valence-corrected chi connectivity index (χ2v) is 3.97. The van der Waals surface area contributed by atoms with Gasteiger partial charge in [-0.25, -0.2) is 0 Å². The summed E-state index contributed by atoms with van der Waals surface area (Å²) >= 11 is 0. The third-order valence-electron chi connectivity index (χ3n) is 2.84. The number of carbonyl (C=O) groups is 1. The fourth-order valence-corrected chi connectivity index (χ4v) is 1.91. The molecule has 0 saturated carbocycles. The SMILES string of the molecule is CCC(=O)O[C@@H](C)[C@H](CC)c1ccccc1. The van der Waals surface area contributed by atoms with E-state index in [2.05, 4.69) is 19.1 Å². The molecule has 0 aliphatic heterocycles. The topological polar surface area (TPSA) is 26.3 Å². The molecule has 2 heteroatoms. The van der Waals surface area contributed by atoms with E-state index in [1.54, 1.807) is 0 Å². The summed E-state index contributed by atoms with van der Waals surface area (Å²) in [4.78, 5) is 11.3. The average molecular weight is 220 g/mol. The van der Waals surface area contributed by atoms with Crippen molar-refractivity contribution in [3.05, 3.63) is 35.9 Å². The number of carbonyl (C=O) groups excluding carboxylic acids is 1. The molecule has 1 aromatic rings. The first kappa shape index (κ1) is 12.8. The molecule has 16 heavy (non-hydrogen) atoms. The highest BCUT2D eigenvalue weighted by Crippen LogP contribution is 2.25. The van der Waals surface area contributed by atoms with Gasteiger partial charge in [-0.15, -0.1) is 0 Å². The van der Waals surface area contributed by atoms with Gasteiger partial charge in [-0.1, -0.05) is 44.2 Å². The maximum absolute atomic E-state index is 11.3. The first-order valence-corrected chi connectivity index (χ1v) is 5.93. The van der Waals surface area contributed by atoms with Crippen LogP contribution < -0.4 is 0 Å². The lowest BCUT2D eigenvalue weighted by atomic mass is 9.92. The van der Waals surface area contributed by atoms with Gasteiger partial charge >= 0.3 is 5.97 Å². The number of hydrogen-bond acceptors (Lipinski definition) is 2. The van der Waals surface area contributed by atoms with E-state index in [4.69, 9.17) is 4.74 Å². The van der Waals surface area contributed by atoms with Gasteiger partial charge in [0, 0.05) is 12.3 Å². The molecule has 2 atom stereocenters. The Labute approximate surface area is 97.6 Å². The summed E-state index contributed by atoms with van der Waals surface area (Å²) in [6.45, 7) is 5.90. The van der Waals surface area contributed by atoms with E-state index in [1.807, 2.05) is 32.0 Å². The monoisotopic (exact) mass is 220 g/mol. The standard InChI is InChI=1S/C14H20O2/c1-4-13(11(3)16-14(15)5-2)12-9-7-6-8-10-12/h6-11,13H,4-5H2,1-3H3/t11-,13-/m0/s1. The van der Waals surface area contributed by atoms with Crippen LogP contribution >= 0.6 is 0 Å². The minimum Gasteiger partial charge on any atom is -0.462 e. The van der Waals surface area contributed by atoms with E-state index in [0.717, 1.165) is 6.42 Å². The molecular formula is C14H20O2. The van der Waals surface area contributed by atoms with Gasteiger partial charge in [-0.3, -0.25) is 4.79 Å². The normalized spacial score (nSPS) is 14.2. The Kier molecular flexibility index (Phi) is 5.03. The predicted molar refractivity (Wildman–Crippen MR) is 65.3 cm³/mol. The summed E-state index contributed by atoms with van der Waals surface area (Å²) in [7, 11) is 0. The van der Waals surface area contributed by atoms with Crippen LogP contribution in [0.3, 0.4) is 0 Å². The Balaban J connectivity index is 2.71. The summed E-state index contributed by atoms with van der Waals surface area (Å²) < 4.78 is 5.37. The van der Waals surface area contributed by atoms with E-state index in [9.17, 15) is 4.79 Å². The molecule has 1 rings (SSSR count). The minimum atomic E-state index is -0.123. The summed E-state index contributed by atoms with van der Waals surface area (Å²) in [6.07, 6.45) is 1.36. The zero-order chi connectivity index (χ0) is 12.0. The molecule has 1 aromatic carbocycles. The maximum atomic E-state index is 11.3. The van der Waals surface area contributed by atoms with Crippen LogP contribution in [0.15, 0.2) is 30.3 Å². The van der Waals surface area contributed by atoms with Gasteiger partial charge in [0.2, 0.25) is 0 Å². The average Bonchev–Trinajstić information content (AvgIpc) is 2.31. The molecule has 0 amide bonds. The summed E-state index contributed by atoms with van der Waals surface area (Å²) in [5, 5.41) is 0. The van der Waals surface area contributed by atoms with Crippen molar-refractivity contribution >= 4 is 5.97 Å². The lowest BCUT2D eigenvalue weighted by Gasteiger charge is -2.23. The number of esters is 1.